The Morgan fingerprint density at radius 3 is 2.79 bits per heavy atom. The molecule has 3 N–H and O–H groups in total. The molecule has 1 fully saturated rings. The Morgan fingerprint density at radius 2 is 2.03 bits per heavy atom. The maximum atomic E-state index is 12.5. The average molecular weight is 442 g/mol. The van der Waals surface area contributed by atoms with Crippen molar-refractivity contribution in [2.45, 2.75) is 39.2 Å². The quantitative estimate of drug-likeness (QED) is 0.403. The number of nitrogens with one attached hydrogen (secondary N) is 1. The molecule has 1 aliphatic heterocycles. The first kappa shape index (κ1) is 22.5. The monoisotopic (exact) mass is 441 g/mol. The van der Waals surface area contributed by atoms with Crippen molar-refractivity contribution in [2.24, 2.45) is 4.99 Å². The van der Waals surface area contributed by atoms with Crippen molar-refractivity contribution in [3.8, 4) is 11.1 Å². The van der Waals surface area contributed by atoms with Crippen molar-refractivity contribution in [1.82, 2.24) is 9.88 Å². The van der Waals surface area contributed by atoms with Gasteiger partial charge in [0.25, 0.3) is 0 Å². The van der Waals surface area contributed by atoms with Crippen LogP contribution < -0.4 is 11.1 Å². The number of aliphatic imine (C=N–C) groups is 1. The first-order chi connectivity index (χ1) is 16.0. The minimum absolute atomic E-state index is 0.138. The van der Waals surface area contributed by atoms with E-state index in [9.17, 15) is 4.79 Å². The van der Waals surface area contributed by atoms with Gasteiger partial charge in [-0.05, 0) is 73.5 Å². The van der Waals surface area contributed by atoms with Gasteiger partial charge >= 0.3 is 0 Å². The Morgan fingerprint density at radius 1 is 1.21 bits per heavy atom. The number of hydrogen-bond donors (Lipinski definition) is 2. The molecule has 3 aromatic rings. The molecule has 0 bridgehead atoms. The van der Waals surface area contributed by atoms with Gasteiger partial charge in [-0.15, -0.1) is 0 Å². The third-order valence-electron chi connectivity index (χ3n) is 6.16. The van der Waals surface area contributed by atoms with Gasteiger partial charge in [0.05, 0.1) is 6.42 Å². The Labute approximate surface area is 195 Å². The molecule has 0 aliphatic carbocycles. The number of benzene rings is 2. The van der Waals surface area contributed by atoms with Crippen LogP contribution in [0.25, 0.3) is 21.9 Å². The summed E-state index contributed by atoms with van der Waals surface area (Å²) >= 11 is 0. The average Bonchev–Trinajstić information content (AvgIpc) is 2.84. The number of amides is 1. The zero-order valence-corrected chi connectivity index (χ0v) is 19.3. The molecule has 33 heavy (non-hydrogen) atoms. The van der Waals surface area contributed by atoms with Crippen molar-refractivity contribution >= 4 is 34.3 Å². The number of pyridine rings is 1. The number of likely N-dealkylation sites (tertiary alicyclic amines) is 1. The number of fused-ring (bicyclic) bond motifs is 1. The van der Waals surface area contributed by atoms with E-state index in [0.717, 1.165) is 64.9 Å². The number of allylic oxidation sites excluding steroid dienone is 2. The first-order valence-corrected chi connectivity index (χ1v) is 11.5. The SMILES string of the molecule is C/C=C(/C)N=CCC(=O)N1CCC(Nc2cc(-c3cccc(N)c3)cc3ccncc23)CC1. The Balaban J connectivity index is 1.46. The standard InChI is InChI=1S/C27H31N5O/c1-3-19(2)30-12-8-27(33)32-13-9-24(10-14-32)31-26-17-22(20-5-4-6-23(28)16-20)15-21-7-11-29-18-25(21)26/h3-7,11-12,15-18,24,31H,8-10,13-14,28H2,1-2H3/b19-3-,30-12?. The molecule has 6 heteroatoms. The minimum Gasteiger partial charge on any atom is -0.399 e. The van der Waals surface area contributed by atoms with Crippen LogP contribution in [0.4, 0.5) is 11.4 Å². The van der Waals surface area contributed by atoms with Gasteiger partial charge in [0.15, 0.2) is 0 Å². The highest BCUT2D eigenvalue weighted by atomic mass is 16.2. The summed E-state index contributed by atoms with van der Waals surface area (Å²) in [6.07, 6.45) is 9.53. The summed E-state index contributed by atoms with van der Waals surface area (Å²) in [4.78, 5) is 23.1. The fourth-order valence-corrected chi connectivity index (χ4v) is 4.17. The molecule has 1 aromatic heterocycles. The van der Waals surface area contributed by atoms with E-state index >= 15 is 0 Å². The molecule has 0 atom stereocenters. The van der Waals surface area contributed by atoms with Gasteiger partial charge in [-0.3, -0.25) is 14.8 Å². The molecule has 0 radical (unpaired) electrons. The van der Waals surface area contributed by atoms with Crippen molar-refractivity contribution < 1.29 is 4.79 Å². The van der Waals surface area contributed by atoms with E-state index in [4.69, 9.17) is 5.73 Å². The predicted octanol–water partition coefficient (Wildman–Crippen LogP) is 5.27. The van der Waals surface area contributed by atoms with Crippen molar-refractivity contribution in [2.75, 3.05) is 24.1 Å². The van der Waals surface area contributed by atoms with Gasteiger partial charge in [0, 0.05) is 60.2 Å². The Bertz CT molecular complexity index is 1190. The zero-order chi connectivity index (χ0) is 23.2. The fraction of sp³-hybridized carbons (Fsp3) is 0.296. The molecule has 2 heterocycles. The van der Waals surface area contributed by atoms with E-state index in [0.29, 0.717) is 12.5 Å². The fourth-order valence-electron chi connectivity index (χ4n) is 4.17. The summed E-state index contributed by atoms with van der Waals surface area (Å²) in [7, 11) is 0. The number of rotatable bonds is 6. The second kappa shape index (κ2) is 10.3. The Kier molecular flexibility index (Phi) is 7.03. The van der Waals surface area contributed by atoms with E-state index in [1.54, 1.807) is 6.21 Å². The number of carbonyl (C=O) groups is 1. The van der Waals surface area contributed by atoms with Crippen LogP contribution in [0.15, 0.2) is 71.6 Å². The lowest BCUT2D eigenvalue weighted by Gasteiger charge is -2.33. The second-order valence-corrected chi connectivity index (χ2v) is 8.49. The maximum Gasteiger partial charge on any atom is 0.227 e. The van der Waals surface area contributed by atoms with Gasteiger partial charge in [0.1, 0.15) is 0 Å². The van der Waals surface area contributed by atoms with Crippen LogP contribution in [0.5, 0.6) is 0 Å². The van der Waals surface area contributed by atoms with E-state index < -0.39 is 0 Å². The molecule has 0 spiro atoms. The number of aromatic nitrogens is 1. The number of hydrogen-bond acceptors (Lipinski definition) is 5. The largest absolute Gasteiger partial charge is 0.399 e. The van der Waals surface area contributed by atoms with Crippen LogP contribution in [0.1, 0.15) is 33.1 Å². The maximum absolute atomic E-state index is 12.5. The zero-order valence-electron chi connectivity index (χ0n) is 19.3. The smallest absolute Gasteiger partial charge is 0.227 e. The van der Waals surface area contributed by atoms with Crippen molar-refractivity contribution in [3.63, 3.8) is 0 Å². The summed E-state index contributed by atoms with van der Waals surface area (Å²) in [5.74, 6) is 0.138. The highest BCUT2D eigenvalue weighted by Gasteiger charge is 2.22. The van der Waals surface area contributed by atoms with Crippen LogP contribution in [0, 0.1) is 0 Å². The molecule has 2 aromatic carbocycles. The number of anilines is 2. The highest BCUT2D eigenvalue weighted by Crippen LogP contribution is 2.32. The van der Waals surface area contributed by atoms with Crippen LogP contribution >= 0.6 is 0 Å². The summed E-state index contributed by atoms with van der Waals surface area (Å²) < 4.78 is 0. The second-order valence-electron chi connectivity index (χ2n) is 8.49. The van der Waals surface area contributed by atoms with Gasteiger partial charge in [-0.1, -0.05) is 18.2 Å². The molecule has 1 saturated heterocycles. The van der Waals surface area contributed by atoms with E-state index in [2.05, 4.69) is 33.5 Å². The summed E-state index contributed by atoms with van der Waals surface area (Å²) in [5, 5.41) is 5.96. The molecular weight excluding hydrogens is 410 g/mol. The lowest BCUT2D eigenvalue weighted by Crippen LogP contribution is -2.42. The van der Waals surface area contributed by atoms with Crippen LogP contribution in [-0.4, -0.2) is 41.1 Å². The highest BCUT2D eigenvalue weighted by molar-refractivity contribution is 5.97. The number of carbonyl (C=O) groups excluding carboxylic acids is 1. The Hall–Kier alpha value is -3.67. The van der Waals surface area contributed by atoms with Crippen molar-refractivity contribution in [1.29, 1.82) is 0 Å². The van der Waals surface area contributed by atoms with Gasteiger partial charge in [0.2, 0.25) is 5.91 Å². The minimum atomic E-state index is 0.138. The lowest BCUT2D eigenvalue weighted by molar-refractivity contribution is -0.130. The molecule has 6 nitrogen and oxygen atoms in total. The van der Waals surface area contributed by atoms with Gasteiger partial charge in [-0.25, -0.2) is 0 Å². The van der Waals surface area contributed by atoms with Crippen molar-refractivity contribution in [3.05, 3.63) is 66.6 Å². The number of piperidine rings is 1. The molecule has 4 rings (SSSR count). The summed E-state index contributed by atoms with van der Waals surface area (Å²) in [5.41, 5.74) is 11.0. The van der Waals surface area contributed by atoms with E-state index in [1.807, 2.05) is 61.5 Å². The predicted molar refractivity (Wildman–Crippen MR) is 137 cm³/mol. The lowest BCUT2D eigenvalue weighted by atomic mass is 9.98. The van der Waals surface area contributed by atoms with E-state index in [-0.39, 0.29) is 5.91 Å². The third kappa shape index (κ3) is 5.58. The topological polar surface area (TPSA) is 83.6 Å². The van der Waals surface area contributed by atoms with E-state index in [1.165, 1.54) is 0 Å². The number of nitrogen functional groups attached to an aromatic ring is 1. The van der Waals surface area contributed by atoms with Gasteiger partial charge in [-0.2, -0.15) is 0 Å². The number of nitrogens with two attached hydrogens (primary N) is 1. The third-order valence-corrected chi connectivity index (χ3v) is 6.16. The molecular formula is C27H31N5O. The molecule has 170 valence electrons. The normalized spacial score (nSPS) is 15.3. The summed E-state index contributed by atoms with van der Waals surface area (Å²) in [6, 6.07) is 14.6. The van der Waals surface area contributed by atoms with Crippen LogP contribution in [-0.2, 0) is 4.79 Å². The first-order valence-electron chi connectivity index (χ1n) is 11.5. The van der Waals surface area contributed by atoms with Crippen LogP contribution in [0.3, 0.4) is 0 Å². The number of nitrogens with zero attached hydrogens (tertiary/aromatic N) is 3. The van der Waals surface area contributed by atoms with Gasteiger partial charge < -0.3 is 16.0 Å². The molecule has 0 unspecified atom stereocenters. The van der Waals surface area contributed by atoms with Crippen LogP contribution in [0.2, 0.25) is 0 Å². The molecule has 1 amide bonds. The summed E-state index contributed by atoms with van der Waals surface area (Å²) in [6.45, 7) is 5.37. The molecule has 0 saturated carbocycles. The molecule has 1 aliphatic rings.